The highest BCUT2D eigenvalue weighted by Gasteiger charge is 2.19. The second kappa shape index (κ2) is 12.9. The molecular formula is C28H44N4. The molecule has 0 saturated carbocycles. The minimum atomic E-state index is 0.758. The van der Waals surface area contributed by atoms with E-state index in [-0.39, 0.29) is 0 Å². The molecule has 176 valence electrons. The standard InChI is InChI=1S/2C14H22N2/c2*1-16-11-5-4-7-13(16)10-9-12-6-2-3-8-14(12)15/h2*2-3,6,8,13H,4-5,7,9-11,15H2,1H3. The predicted octanol–water partition coefficient (Wildman–Crippen LogP) is 5.37. The Morgan fingerprint density at radius 3 is 1.44 bits per heavy atom. The van der Waals surface area contributed by atoms with Crippen molar-refractivity contribution in [1.82, 2.24) is 9.80 Å². The number of hydrogen-bond donors (Lipinski definition) is 2. The van der Waals surface area contributed by atoms with Gasteiger partial charge in [-0.3, -0.25) is 0 Å². The first kappa shape index (κ1) is 24.6. The topological polar surface area (TPSA) is 58.5 Å². The van der Waals surface area contributed by atoms with Gasteiger partial charge in [0.1, 0.15) is 0 Å². The van der Waals surface area contributed by atoms with E-state index in [0.717, 1.165) is 36.3 Å². The Balaban J connectivity index is 0.000000181. The Morgan fingerprint density at radius 1 is 0.656 bits per heavy atom. The van der Waals surface area contributed by atoms with Crippen LogP contribution in [0.4, 0.5) is 11.4 Å². The zero-order valence-corrected chi connectivity index (χ0v) is 20.3. The van der Waals surface area contributed by atoms with Crippen molar-refractivity contribution >= 4 is 11.4 Å². The smallest absolute Gasteiger partial charge is 0.0346 e. The van der Waals surface area contributed by atoms with Crippen molar-refractivity contribution in [2.45, 2.75) is 76.3 Å². The first-order chi connectivity index (χ1) is 15.5. The number of piperidine rings is 2. The summed E-state index contributed by atoms with van der Waals surface area (Å²) < 4.78 is 0. The van der Waals surface area contributed by atoms with Crippen LogP contribution in [-0.2, 0) is 12.8 Å². The minimum absolute atomic E-state index is 0.758. The van der Waals surface area contributed by atoms with Crippen LogP contribution >= 0.6 is 0 Å². The lowest BCUT2D eigenvalue weighted by molar-refractivity contribution is 0.176. The van der Waals surface area contributed by atoms with E-state index in [1.165, 1.54) is 75.6 Å². The van der Waals surface area contributed by atoms with Gasteiger partial charge in [-0.25, -0.2) is 0 Å². The van der Waals surface area contributed by atoms with Crippen molar-refractivity contribution in [3.63, 3.8) is 0 Å². The van der Waals surface area contributed by atoms with Crippen LogP contribution in [0.1, 0.15) is 62.5 Å². The fourth-order valence-electron chi connectivity index (χ4n) is 5.19. The zero-order valence-electron chi connectivity index (χ0n) is 20.3. The molecule has 4 rings (SSSR count). The van der Waals surface area contributed by atoms with E-state index < -0.39 is 0 Å². The molecule has 0 aliphatic carbocycles. The van der Waals surface area contributed by atoms with Crippen molar-refractivity contribution in [2.75, 3.05) is 38.7 Å². The number of likely N-dealkylation sites (tertiary alicyclic amines) is 2. The second-order valence-corrected chi connectivity index (χ2v) is 9.74. The lowest BCUT2D eigenvalue weighted by Gasteiger charge is -2.32. The average Bonchev–Trinajstić information content (AvgIpc) is 2.80. The first-order valence-corrected chi connectivity index (χ1v) is 12.6. The molecule has 2 saturated heterocycles. The van der Waals surface area contributed by atoms with Gasteiger partial charge in [-0.15, -0.1) is 0 Å². The molecule has 2 fully saturated rings. The van der Waals surface area contributed by atoms with E-state index in [2.05, 4.69) is 48.2 Å². The fraction of sp³-hybridized carbons (Fsp3) is 0.571. The van der Waals surface area contributed by atoms with Crippen LogP contribution in [0, 0.1) is 0 Å². The summed E-state index contributed by atoms with van der Waals surface area (Å²) in [5, 5.41) is 0. The van der Waals surface area contributed by atoms with Gasteiger partial charge in [0, 0.05) is 23.5 Å². The largest absolute Gasteiger partial charge is 0.399 e. The maximum atomic E-state index is 5.96. The molecule has 4 N–H and O–H groups in total. The third-order valence-corrected chi connectivity index (χ3v) is 7.45. The summed E-state index contributed by atoms with van der Waals surface area (Å²) in [5.41, 5.74) is 16.4. The summed E-state index contributed by atoms with van der Waals surface area (Å²) in [4.78, 5) is 5.01. The number of rotatable bonds is 6. The number of hydrogen-bond acceptors (Lipinski definition) is 4. The van der Waals surface area contributed by atoms with Gasteiger partial charge in [-0.05, 0) is 102 Å². The molecule has 2 unspecified atom stereocenters. The molecule has 2 atom stereocenters. The molecular weight excluding hydrogens is 392 g/mol. The molecule has 0 spiro atoms. The van der Waals surface area contributed by atoms with E-state index in [1.54, 1.807) is 0 Å². The van der Waals surface area contributed by atoms with Crippen molar-refractivity contribution in [2.24, 2.45) is 0 Å². The molecule has 0 radical (unpaired) electrons. The van der Waals surface area contributed by atoms with Crippen LogP contribution in [0.2, 0.25) is 0 Å². The molecule has 0 bridgehead atoms. The van der Waals surface area contributed by atoms with Crippen molar-refractivity contribution < 1.29 is 0 Å². The van der Waals surface area contributed by atoms with Gasteiger partial charge in [0.15, 0.2) is 0 Å². The van der Waals surface area contributed by atoms with E-state index in [0.29, 0.717) is 0 Å². The number of nitrogens with two attached hydrogens (primary N) is 2. The van der Waals surface area contributed by atoms with Crippen molar-refractivity contribution in [1.29, 1.82) is 0 Å². The average molecular weight is 437 g/mol. The first-order valence-electron chi connectivity index (χ1n) is 12.6. The SMILES string of the molecule is CN1CCCCC1CCc1ccccc1N.CN1CCCCC1CCc1ccccc1N. The lowest BCUT2D eigenvalue weighted by Crippen LogP contribution is -2.36. The molecule has 4 nitrogen and oxygen atoms in total. The molecule has 2 aliphatic heterocycles. The third kappa shape index (κ3) is 7.53. The number of nitrogen functional groups attached to an aromatic ring is 2. The Bertz CT molecular complexity index is 738. The third-order valence-electron chi connectivity index (χ3n) is 7.45. The predicted molar refractivity (Wildman–Crippen MR) is 139 cm³/mol. The molecule has 2 aromatic rings. The number of anilines is 2. The van der Waals surface area contributed by atoms with E-state index in [4.69, 9.17) is 11.5 Å². The number of nitrogens with zero attached hydrogens (tertiary/aromatic N) is 2. The summed E-state index contributed by atoms with van der Waals surface area (Å²) >= 11 is 0. The normalized spacial score (nSPS) is 22.2. The quantitative estimate of drug-likeness (QED) is 0.598. The molecule has 2 aromatic carbocycles. The van der Waals surface area contributed by atoms with Crippen molar-refractivity contribution in [3.05, 3.63) is 59.7 Å². The van der Waals surface area contributed by atoms with Crippen LogP contribution < -0.4 is 11.5 Å². The monoisotopic (exact) mass is 436 g/mol. The summed E-state index contributed by atoms with van der Waals surface area (Å²) in [6.07, 6.45) is 12.9. The molecule has 0 aromatic heterocycles. The molecule has 2 heterocycles. The second-order valence-electron chi connectivity index (χ2n) is 9.74. The summed E-state index contributed by atoms with van der Waals surface area (Å²) in [6, 6.07) is 18.0. The summed E-state index contributed by atoms with van der Waals surface area (Å²) in [5.74, 6) is 0. The van der Waals surface area contributed by atoms with Crippen LogP contribution in [0.3, 0.4) is 0 Å². The lowest BCUT2D eigenvalue weighted by atomic mass is 9.96. The van der Waals surface area contributed by atoms with Gasteiger partial charge in [0.25, 0.3) is 0 Å². The number of benzene rings is 2. The van der Waals surface area contributed by atoms with Crippen LogP contribution in [0.25, 0.3) is 0 Å². The zero-order chi connectivity index (χ0) is 22.8. The van der Waals surface area contributed by atoms with Crippen LogP contribution in [0.15, 0.2) is 48.5 Å². The highest BCUT2D eigenvalue weighted by Crippen LogP contribution is 2.22. The van der Waals surface area contributed by atoms with Gasteiger partial charge >= 0.3 is 0 Å². The summed E-state index contributed by atoms with van der Waals surface area (Å²) in [7, 11) is 4.50. The number of para-hydroxylation sites is 2. The van der Waals surface area contributed by atoms with Crippen LogP contribution in [-0.4, -0.2) is 49.1 Å². The van der Waals surface area contributed by atoms with Crippen LogP contribution in [0.5, 0.6) is 0 Å². The Kier molecular flexibility index (Phi) is 9.89. The number of aryl methyl sites for hydroxylation is 2. The van der Waals surface area contributed by atoms with E-state index >= 15 is 0 Å². The van der Waals surface area contributed by atoms with Gasteiger partial charge in [-0.1, -0.05) is 49.2 Å². The van der Waals surface area contributed by atoms with Gasteiger partial charge in [0.05, 0.1) is 0 Å². The fourth-order valence-corrected chi connectivity index (χ4v) is 5.19. The van der Waals surface area contributed by atoms with E-state index in [9.17, 15) is 0 Å². The Morgan fingerprint density at radius 2 is 1.06 bits per heavy atom. The molecule has 2 aliphatic rings. The highest BCUT2D eigenvalue weighted by atomic mass is 15.1. The highest BCUT2D eigenvalue weighted by molar-refractivity contribution is 5.47. The summed E-state index contributed by atoms with van der Waals surface area (Å²) in [6.45, 7) is 2.52. The maximum Gasteiger partial charge on any atom is 0.0346 e. The van der Waals surface area contributed by atoms with Gasteiger partial charge < -0.3 is 21.3 Å². The van der Waals surface area contributed by atoms with Gasteiger partial charge in [0.2, 0.25) is 0 Å². The van der Waals surface area contributed by atoms with E-state index in [1.807, 2.05) is 24.3 Å². The maximum absolute atomic E-state index is 5.96. The molecule has 4 heteroatoms. The van der Waals surface area contributed by atoms with Crippen molar-refractivity contribution in [3.8, 4) is 0 Å². The Hall–Kier alpha value is -2.04. The van der Waals surface area contributed by atoms with Gasteiger partial charge in [-0.2, -0.15) is 0 Å². The molecule has 32 heavy (non-hydrogen) atoms. The Labute approximate surface area is 196 Å². The molecule has 0 amide bonds. The minimum Gasteiger partial charge on any atom is -0.399 e.